The topological polar surface area (TPSA) is 84.9 Å². The third kappa shape index (κ3) is 2.57. The van der Waals surface area contributed by atoms with Crippen LogP contribution in [0.4, 0.5) is 10.1 Å². The molecule has 4 N–H and O–H groups in total. The number of halogens is 1. The number of benzene rings is 2. The number of phenols is 2. The van der Waals surface area contributed by atoms with E-state index in [2.05, 4.69) is 0 Å². The van der Waals surface area contributed by atoms with E-state index < -0.39 is 11.9 Å². The van der Waals surface area contributed by atoms with Crippen molar-refractivity contribution in [2.45, 2.75) is 6.10 Å². The molecule has 0 aliphatic carbocycles. The molecule has 0 aliphatic rings. The predicted octanol–water partition coefficient (Wildman–Crippen LogP) is 2.56. The molecule has 0 heterocycles. The Balaban J connectivity index is 2.60. The van der Waals surface area contributed by atoms with Gasteiger partial charge in [-0.05, 0) is 24.3 Å². The Bertz CT molecular complexity index is 640. The first-order chi connectivity index (χ1) is 10.0. The number of aromatic hydroxyl groups is 2. The van der Waals surface area contributed by atoms with Crippen molar-refractivity contribution in [1.82, 2.24) is 0 Å². The van der Waals surface area contributed by atoms with E-state index in [-0.39, 0.29) is 34.1 Å². The molecule has 0 spiro atoms. The molecule has 0 saturated heterocycles. The molecule has 0 aliphatic heterocycles. The zero-order valence-corrected chi connectivity index (χ0v) is 11.6. The van der Waals surface area contributed by atoms with E-state index >= 15 is 0 Å². The van der Waals surface area contributed by atoms with Gasteiger partial charge in [-0.2, -0.15) is 0 Å². The SMILES string of the molecule is COc1ccc(C(OC)c2c(O)cccc2O)c(F)c1N. The summed E-state index contributed by atoms with van der Waals surface area (Å²) in [7, 11) is 2.73. The minimum Gasteiger partial charge on any atom is -0.507 e. The average Bonchev–Trinajstić information content (AvgIpc) is 2.47. The molecular weight excluding hydrogens is 277 g/mol. The molecule has 6 heteroatoms. The molecule has 0 saturated carbocycles. The summed E-state index contributed by atoms with van der Waals surface area (Å²) in [5.74, 6) is -0.914. The molecule has 0 radical (unpaired) electrons. The normalized spacial score (nSPS) is 12.1. The molecule has 0 aromatic heterocycles. The quantitative estimate of drug-likeness (QED) is 0.754. The van der Waals surface area contributed by atoms with Gasteiger partial charge in [0, 0.05) is 12.7 Å². The molecule has 0 amide bonds. The first-order valence-corrected chi connectivity index (χ1v) is 6.16. The molecule has 1 atom stereocenters. The number of hydrogen-bond donors (Lipinski definition) is 3. The number of ether oxygens (including phenoxy) is 2. The maximum Gasteiger partial charge on any atom is 0.156 e. The highest BCUT2D eigenvalue weighted by atomic mass is 19.1. The third-order valence-electron chi connectivity index (χ3n) is 3.23. The second kappa shape index (κ2) is 5.88. The van der Waals surface area contributed by atoms with E-state index in [4.69, 9.17) is 15.2 Å². The number of hydrogen-bond acceptors (Lipinski definition) is 5. The number of rotatable bonds is 4. The highest BCUT2D eigenvalue weighted by Gasteiger charge is 2.25. The number of phenolic OH excluding ortho intramolecular Hbond substituents is 2. The number of nitrogens with two attached hydrogens (primary N) is 1. The molecule has 1 unspecified atom stereocenters. The van der Waals surface area contributed by atoms with E-state index in [0.29, 0.717) is 0 Å². The molecule has 0 bridgehead atoms. The third-order valence-corrected chi connectivity index (χ3v) is 3.23. The minimum atomic E-state index is -1.00. The van der Waals surface area contributed by atoms with Crippen LogP contribution in [-0.4, -0.2) is 24.4 Å². The smallest absolute Gasteiger partial charge is 0.156 e. The van der Waals surface area contributed by atoms with Gasteiger partial charge >= 0.3 is 0 Å². The van der Waals surface area contributed by atoms with Crippen molar-refractivity contribution in [2.24, 2.45) is 0 Å². The summed E-state index contributed by atoms with van der Waals surface area (Å²) >= 11 is 0. The monoisotopic (exact) mass is 293 g/mol. The fraction of sp³-hybridized carbons (Fsp3) is 0.200. The fourth-order valence-corrected chi connectivity index (χ4v) is 2.18. The van der Waals surface area contributed by atoms with Crippen LogP contribution in [-0.2, 0) is 4.74 Å². The van der Waals surface area contributed by atoms with Gasteiger partial charge in [0.1, 0.15) is 29.0 Å². The molecule has 2 rings (SSSR count). The lowest BCUT2D eigenvalue weighted by Gasteiger charge is -2.20. The summed E-state index contributed by atoms with van der Waals surface area (Å²) in [4.78, 5) is 0. The zero-order valence-electron chi connectivity index (χ0n) is 11.6. The van der Waals surface area contributed by atoms with Crippen LogP contribution in [0.3, 0.4) is 0 Å². The fourth-order valence-electron chi connectivity index (χ4n) is 2.18. The van der Waals surface area contributed by atoms with Gasteiger partial charge in [0.05, 0.1) is 12.7 Å². The van der Waals surface area contributed by atoms with Crippen molar-refractivity contribution in [1.29, 1.82) is 0 Å². The highest BCUT2D eigenvalue weighted by Crippen LogP contribution is 2.41. The Morgan fingerprint density at radius 3 is 2.24 bits per heavy atom. The van der Waals surface area contributed by atoms with Gasteiger partial charge < -0.3 is 25.4 Å². The summed E-state index contributed by atoms with van der Waals surface area (Å²) in [6.45, 7) is 0. The van der Waals surface area contributed by atoms with Gasteiger partial charge in [0.2, 0.25) is 0 Å². The predicted molar refractivity (Wildman–Crippen MR) is 76.0 cm³/mol. The van der Waals surface area contributed by atoms with Crippen LogP contribution >= 0.6 is 0 Å². The Morgan fingerprint density at radius 1 is 1.10 bits per heavy atom. The summed E-state index contributed by atoms with van der Waals surface area (Å²) in [6.07, 6.45) is -1.00. The molecule has 0 fully saturated rings. The standard InChI is InChI=1S/C15H16FNO4/c1-20-11-7-6-8(13(16)14(11)17)15(21-2)12-9(18)4-3-5-10(12)19/h3-7,15,18-19H,17H2,1-2H3. The van der Waals surface area contributed by atoms with Crippen molar-refractivity contribution in [2.75, 3.05) is 20.0 Å². The lowest BCUT2D eigenvalue weighted by Crippen LogP contribution is -2.09. The number of nitrogen functional groups attached to an aromatic ring is 1. The van der Waals surface area contributed by atoms with Crippen molar-refractivity contribution in [3.05, 3.63) is 47.3 Å². The summed E-state index contributed by atoms with van der Waals surface area (Å²) in [5.41, 5.74) is 5.66. The Labute approximate surface area is 121 Å². The summed E-state index contributed by atoms with van der Waals surface area (Å²) < 4.78 is 24.6. The van der Waals surface area contributed by atoms with Gasteiger partial charge in [-0.1, -0.05) is 6.07 Å². The number of methoxy groups -OCH3 is 2. The van der Waals surface area contributed by atoms with Gasteiger partial charge in [-0.3, -0.25) is 0 Å². The van der Waals surface area contributed by atoms with Crippen LogP contribution in [0, 0.1) is 5.82 Å². The van der Waals surface area contributed by atoms with Crippen LogP contribution in [0.2, 0.25) is 0 Å². The van der Waals surface area contributed by atoms with E-state index in [1.165, 1.54) is 44.6 Å². The largest absolute Gasteiger partial charge is 0.507 e. The van der Waals surface area contributed by atoms with Crippen molar-refractivity contribution in [3.63, 3.8) is 0 Å². The van der Waals surface area contributed by atoms with E-state index in [1.54, 1.807) is 0 Å². The van der Waals surface area contributed by atoms with Gasteiger partial charge in [0.25, 0.3) is 0 Å². The second-order valence-electron chi connectivity index (χ2n) is 4.41. The second-order valence-corrected chi connectivity index (χ2v) is 4.41. The Morgan fingerprint density at radius 2 is 1.71 bits per heavy atom. The maximum absolute atomic E-state index is 14.4. The number of anilines is 1. The minimum absolute atomic E-state index is 0.0727. The molecule has 5 nitrogen and oxygen atoms in total. The zero-order chi connectivity index (χ0) is 15.6. The molecule has 21 heavy (non-hydrogen) atoms. The first-order valence-electron chi connectivity index (χ1n) is 6.16. The van der Waals surface area contributed by atoms with Crippen molar-refractivity contribution in [3.8, 4) is 17.2 Å². The highest BCUT2D eigenvalue weighted by molar-refractivity contribution is 5.58. The Hall–Kier alpha value is -2.47. The van der Waals surface area contributed by atoms with Crippen LogP contribution < -0.4 is 10.5 Å². The molecular formula is C15H16FNO4. The van der Waals surface area contributed by atoms with Gasteiger partial charge in [0.15, 0.2) is 5.82 Å². The van der Waals surface area contributed by atoms with Crippen LogP contribution in [0.15, 0.2) is 30.3 Å². The maximum atomic E-state index is 14.4. The van der Waals surface area contributed by atoms with E-state index in [9.17, 15) is 14.6 Å². The summed E-state index contributed by atoms with van der Waals surface area (Å²) in [6, 6.07) is 7.17. The lowest BCUT2D eigenvalue weighted by atomic mass is 9.98. The van der Waals surface area contributed by atoms with Crippen molar-refractivity contribution < 1.29 is 24.1 Å². The van der Waals surface area contributed by atoms with Gasteiger partial charge in [-0.15, -0.1) is 0 Å². The first kappa shape index (κ1) is 14.9. The van der Waals surface area contributed by atoms with Gasteiger partial charge in [-0.25, -0.2) is 4.39 Å². The van der Waals surface area contributed by atoms with Crippen LogP contribution in [0.25, 0.3) is 0 Å². The molecule has 112 valence electrons. The molecule has 2 aromatic carbocycles. The van der Waals surface area contributed by atoms with Crippen molar-refractivity contribution >= 4 is 5.69 Å². The average molecular weight is 293 g/mol. The van der Waals surface area contributed by atoms with E-state index in [1.807, 2.05) is 0 Å². The van der Waals surface area contributed by atoms with Crippen LogP contribution in [0.5, 0.6) is 17.2 Å². The summed E-state index contributed by atoms with van der Waals surface area (Å²) in [5, 5.41) is 19.8. The molecule has 2 aromatic rings. The Kier molecular flexibility index (Phi) is 4.18. The van der Waals surface area contributed by atoms with E-state index in [0.717, 1.165) is 0 Å². The lowest BCUT2D eigenvalue weighted by molar-refractivity contribution is 0.128. The van der Waals surface area contributed by atoms with Crippen LogP contribution in [0.1, 0.15) is 17.2 Å².